The normalized spacial score (nSPS) is 12.4. The van der Waals surface area contributed by atoms with Gasteiger partial charge in [0.1, 0.15) is 5.82 Å². The smallest absolute Gasteiger partial charge is 0.126 e. The van der Waals surface area contributed by atoms with Crippen LogP contribution in [0.3, 0.4) is 0 Å². The molecule has 0 aliphatic heterocycles. The van der Waals surface area contributed by atoms with Gasteiger partial charge >= 0.3 is 0 Å². The summed E-state index contributed by atoms with van der Waals surface area (Å²) in [6.45, 7) is 3.35. The molecule has 0 aliphatic rings. The molecule has 20 heavy (non-hydrogen) atoms. The van der Waals surface area contributed by atoms with E-state index in [1.54, 1.807) is 18.6 Å². The Morgan fingerprint density at radius 1 is 1.45 bits per heavy atom. The second-order valence-corrected chi connectivity index (χ2v) is 5.04. The Hall–Kier alpha value is -1.59. The van der Waals surface area contributed by atoms with Crippen LogP contribution in [0.1, 0.15) is 25.1 Å². The molecule has 1 unspecified atom stereocenters. The highest BCUT2D eigenvalue weighted by Gasteiger charge is 2.14. The summed E-state index contributed by atoms with van der Waals surface area (Å²) in [5, 5.41) is 3.55. The van der Waals surface area contributed by atoms with Crippen molar-refractivity contribution in [2.45, 2.75) is 25.9 Å². The maximum absolute atomic E-state index is 13.4. The summed E-state index contributed by atoms with van der Waals surface area (Å²) in [6, 6.07) is 4.20. The summed E-state index contributed by atoms with van der Waals surface area (Å²) >= 11 is 5.85. The summed E-state index contributed by atoms with van der Waals surface area (Å²) < 4.78 is 15.4. The third-order valence-corrected chi connectivity index (χ3v) is 3.22. The number of nitrogens with one attached hydrogen (secondary N) is 1. The molecule has 6 heteroatoms. The quantitative estimate of drug-likeness (QED) is 0.861. The summed E-state index contributed by atoms with van der Waals surface area (Å²) in [4.78, 5) is 4.15. The third kappa shape index (κ3) is 3.49. The van der Waals surface area contributed by atoms with E-state index in [2.05, 4.69) is 17.2 Å². The second kappa shape index (κ2) is 6.72. The SMILES string of the molecule is CCCn1cncc1C(CN)Nc1cc(F)cc(Cl)c1. The zero-order valence-corrected chi connectivity index (χ0v) is 12.1. The first-order chi connectivity index (χ1) is 9.63. The predicted octanol–water partition coefficient (Wildman–Crippen LogP) is 3.20. The van der Waals surface area contributed by atoms with E-state index < -0.39 is 0 Å². The number of aryl methyl sites for hydroxylation is 1. The summed E-state index contributed by atoms with van der Waals surface area (Å²) in [6.07, 6.45) is 4.56. The molecule has 0 amide bonds. The number of rotatable bonds is 6. The first-order valence-electron chi connectivity index (χ1n) is 6.56. The number of anilines is 1. The lowest BCUT2D eigenvalue weighted by Gasteiger charge is -2.20. The van der Waals surface area contributed by atoms with Gasteiger partial charge in [-0.1, -0.05) is 18.5 Å². The highest BCUT2D eigenvalue weighted by Crippen LogP contribution is 2.23. The van der Waals surface area contributed by atoms with Crippen molar-refractivity contribution >= 4 is 17.3 Å². The molecule has 1 heterocycles. The van der Waals surface area contributed by atoms with Gasteiger partial charge in [-0.2, -0.15) is 0 Å². The van der Waals surface area contributed by atoms with Crippen molar-refractivity contribution in [3.8, 4) is 0 Å². The third-order valence-electron chi connectivity index (χ3n) is 3.01. The minimum Gasteiger partial charge on any atom is -0.375 e. The fourth-order valence-electron chi connectivity index (χ4n) is 2.14. The molecular formula is C14H18ClFN4. The molecular weight excluding hydrogens is 279 g/mol. The highest BCUT2D eigenvalue weighted by atomic mass is 35.5. The van der Waals surface area contributed by atoms with E-state index in [4.69, 9.17) is 17.3 Å². The zero-order chi connectivity index (χ0) is 14.5. The molecule has 0 aliphatic carbocycles. The van der Waals surface area contributed by atoms with Crippen molar-refractivity contribution in [1.82, 2.24) is 9.55 Å². The summed E-state index contributed by atoms with van der Waals surface area (Å²) in [5.74, 6) is -0.377. The van der Waals surface area contributed by atoms with Crippen LogP contribution in [0.2, 0.25) is 5.02 Å². The number of nitrogens with two attached hydrogens (primary N) is 1. The van der Waals surface area contributed by atoms with E-state index in [0.29, 0.717) is 17.3 Å². The number of hydrogen-bond acceptors (Lipinski definition) is 3. The Balaban J connectivity index is 2.21. The van der Waals surface area contributed by atoms with Gasteiger partial charge in [0.2, 0.25) is 0 Å². The number of hydrogen-bond donors (Lipinski definition) is 2. The van der Waals surface area contributed by atoms with Crippen molar-refractivity contribution < 1.29 is 4.39 Å². The Morgan fingerprint density at radius 3 is 2.90 bits per heavy atom. The van der Waals surface area contributed by atoms with Gasteiger partial charge in [0, 0.05) is 23.8 Å². The van der Waals surface area contributed by atoms with Gasteiger partial charge < -0.3 is 15.6 Å². The van der Waals surface area contributed by atoms with Crippen LogP contribution in [0.15, 0.2) is 30.7 Å². The lowest BCUT2D eigenvalue weighted by atomic mass is 10.2. The summed E-state index contributed by atoms with van der Waals surface area (Å²) in [7, 11) is 0. The van der Waals surface area contributed by atoms with Crippen molar-refractivity contribution in [3.05, 3.63) is 47.3 Å². The van der Waals surface area contributed by atoms with Gasteiger partial charge in [-0.3, -0.25) is 0 Å². The maximum atomic E-state index is 13.4. The van der Waals surface area contributed by atoms with E-state index >= 15 is 0 Å². The molecule has 2 aromatic rings. The van der Waals surface area contributed by atoms with Crippen LogP contribution in [0, 0.1) is 5.82 Å². The Kier molecular flexibility index (Phi) is 4.98. The van der Waals surface area contributed by atoms with Gasteiger partial charge in [-0.25, -0.2) is 9.37 Å². The highest BCUT2D eigenvalue weighted by molar-refractivity contribution is 6.30. The number of benzene rings is 1. The Bertz CT molecular complexity index is 550. The molecule has 0 fully saturated rings. The molecule has 1 atom stereocenters. The monoisotopic (exact) mass is 296 g/mol. The van der Waals surface area contributed by atoms with Crippen LogP contribution in [0.5, 0.6) is 0 Å². The largest absolute Gasteiger partial charge is 0.375 e. The fraction of sp³-hybridized carbons (Fsp3) is 0.357. The Labute approximate surface area is 122 Å². The van der Waals surface area contributed by atoms with Gasteiger partial charge in [0.05, 0.1) is 24.3 Å². The van der Waals surface area contributed by atoms with E-state index in [1.165, 1.54) is 12.1 Å². The van der Waals surface area contributed by atoms with Crippen LogP contribution in [-0.2, 0) is 6.54 Å². The van der Waals surface area contributed by atoms with E-state index in [0.717, 1.165) is 18.7 Å². The van der Waals surface area contributed by atoms with Gasteiger partial charge in [0.15, 0.2) is 0 Å². The topological polar surface area (TPSA) is 55.9 Å². The second-order valence-electron chi connectivity index (χ2n) is 4.60. The molecule has 0 saturated carbocycles. The van der Waals surface area contributed by atoms with Gasteiger partial charge in [-0.05, 0) is 24.6 Å². The van der Waals surface area contributed by atoms with Gasteiger partial charge in [-0.15, -0.1) is 0 Å². The number of aromatic nitrogens is 2. The first kappa shape index (κ1) is 14.8. The molecule has 108 valence electrons. The lowest BCUT2D eigenvalue weighted by Crippen LogP contribution is -2.23. The van der Waals surface area contributed by atoms with E-state index in [1.807, 2.05) is 4.57 Å². The van der Waals surface area contributed by atoms with E-state index in [9.17, 15) is 4.39 Å². The molecule has 0 bridgehead atoms. The van der Waals surface area contributed by atoms with Crippen molar-refractivity contribution in [2.75, 3.05) is 11.9 Å². The van der Waals surface area contributed by atoms with Crippen molar-refractivity contribution in [1.29, 1.82) is 0 Å². The van der Waals surface area contributed by atoms with Crippen LogP contribution in [0.25, 0.3) is 0 Å². The van der Waals surface area contributed by atoms with Crippen molar-refractivity contribution in [2.24, 2.45) is 5.73 Å². The average Bonchev–Trinajstić information content (AvgIpc) is 2.83. The fourth-order valence-corrected chi connectivity index (χ4v) is 2.36. The molecule has 0 spiro atoms. The number of imidazole rings is 1. The van der Waals surface area contributed by atoms with Crippen LogP contribution < -0.4 is 11.1 Å². The van der Waals surface area contributed by atoms with Crippen LogP contribution in [-0.4, -0.2) is 16.1 Å². The first-order valence-corrected chi connectivity index (χ1v) is 6.94. The Morgan fingerprint density at radius 2 is 2.25 bits per heavy atom. The van der Waals surface area contributed by atoms with Crippen LogP contribution in [0.4, 0.5) is 10.1 Å². The molecule has 3 N–H and O–H groups in total. The van der Waals surface area contributed by atoms with Crippen molar-refractivity contribution in [3.63, 3.8) is 0 Å². The zero-order valence-electron chi connectivity index (χ0n) is 11.3. The van der Waals surface area contributed by atoms with Gasteiger partial charge in [0.25, 0.3) is 0 Å². The minimum absolute atomic E-state index is 0.137. The molecule has 0 radical (unpaired) electrons. The molecule has 4 nitrogen and oxygen atoms in total. The number of halogens is 2. The molecule has 1 aromatic carbocycles. The maximum Gasteiger partial charge on any atom is 0.126 e. The standard InChI is InChI=1S/C14H18ClFN4/c1-2-3-20-9-18-8-14(20)13(7-17)19-12-5-10(15)4-11(16)6-12/h4-6,8-9,13,19H,2-3,7,17H2,1H3. The van der Waals surface area contributed by atoms with Crippen LogP contribution >= 0.6 is 11.6 Å². The summed E-state index contributed by atoms with van der Waals surface area (Å²) in [5.41, 5.74) is 7.41. The molecule has 1 aromatic heterocycles. The average molecular weight is 297 g/mol. The predicted molar refractivity (Wildman–Crippen MR) is 79.3 cm³/mol. The minimum atomic E-state index is -0.377. The molecule has 2 rings (SSSR count). The lowest BCUT2D eigenvalue weighted by molar-refractivity contribution is 0.611. The molecule has 0 saturated heterocycles. The van der Waals surface area contributed by atoms with E-state index in [-0.39, 0.29) is 11.9 Å². The number of nitrogens with zero attached hydrogens (tertiary/aromatic N) is 2.